The van der Waals surface area contributed by atoms with Crippen LogP contribution >= 0.6 is 15.9 Å². The summed E-state index contributed by atoms with van der Waals surface area (Å²) < 4.78 is 12.1. The highest BCUT2D eigenvalue weighted by Crippen LogP contribution is 2.41. The van der Waals surface area contributed by atoms with Crippen molar-refractivity contribution in [3.63, 3.8) is 0 Å². The Morgan fingerprint density at radius 1 is 1.20 bits per heavy atom. The second-order valence-corrected chi connectivity index (χ2v) is 5.73. The Morgan fingerprint density at radius 3 is 2.65 bits per heavy atom. The van der Waals surface area contributed by atoms with Crippen LogP contribution in [0.1, 0.15) is 29.8 Å². The Hall–Kier alpha value is -1.52. The minimum atomic E-state index is -0.501. The van der Waals surface area contributed by atoms with Gasteiger partial charge < -0.3 is 14.6 Å². The third kappa shape index (κ3) is 2.53. The molecule has 4 heteroatoms. The average molecular weight is 335 g/mol. The Kier molecular flexibility index (Phi) is 3.68. The lowest BCUT2D eigenvalue weighted by Crippen LogP contribution is -2.18. The van der Waals surface area contributed by atoms with Crippen LogP contribution in [0, 0.1) is 0 Å². The van der Waals surface area contributed by atoms with Gasteiger partial charge in [-0.1, -0.05) is 34.1 Å². The van der Waals surface area contributed by atoms with Crippen molar-refractivity contribution in [1.29, 1.82) is 0 Å². The molecule has 1 heterocycles. The highest BCUT2D eigenvalue weighted by atomic mass is 79.9. The normalized spacial score (nSPS) is 20.9. The highest BCUT2D eigenvalue weighted by Gasteiger charge is 2.28. The predicted molar refractivity (Wildman–Crippen MR) is 80.1 cm³/mol. The molecule has 0 bridgehead atoms. The van der Waals surface area contributed by atoms with E-state index in [4.69, 9.17) is 9.47 Å². The Morgan fingerprint density at radius 2 is 1.95 bits per heavy atom. The van der Waals surface area contributed by atoms with Gasteiger partial charge in [0.2, 0.25) is 0 Å². The lowest BCUT2D eigenvalue weighted by molar-refractivity contribution is 0.0656. The van der Waals surface area contributed by atoms with Crippen molar-refractivity contribution in [2.45, 2.75) is 18.6 Å². The van der Waals surface area contributed by atoms with Crippen molar-refractivity contribution in [2.75, 3.05) is 7.11 Å². The van der Waals surface area contributed by atoms with Gasteiger partial charge in [-0.25, -0.2) is 0 Å². The molecule has 0 spiro atoms. The molecule has 3 nitrogen and oxygen atoms in total. The minimum Gasteiger partial charge on any atom is -0.497 e. The summed E-state index contributed by atoms with van der Waals surface area (Å²) in [5.41, 5.74) is 1.88. The zero-order valence-corrected chi connectivity index (χ0v) is 12.6. The van der Waals surface area contributed by atoms with E-state index < -0.39 is 6.10 Å². The molecule has 0 amide bonds. The van der Waals surface area contributed by atoms with Crippen LogP contribution in [0.4, 0.5) is 0 Å². The molecule has 2 atom stereocenters. The van der Waals surface area contributed by atoms with Crippen molar-refractivity contribution in [3.8, 4) is 11.5 Å². The fourth-order valence-corrected chi connectivity index (χ4v) is 2.78. The van der Waals surface area contributed by atoms with Gasteiger partial charge in [0.15, 0.2) is 0 Å². The zero-order chi connectivity index (χ0) is 14.1. The maximum atomic E-state index is 10.3. The van der Waals surface area contributed by atoms with Gasteiger partial charge in [0.25, 0.3) is 0 Å². The lowest BCUT2D eigenvalue weighted by atomic mass is 9.95. The van der Waals surface area contributed by atoms with Crippen molar-refractivity contribution >= 4 is 15.9 Å². The first kappa shape index (κ1) is 13.5. The van der Waals surface area contributed by atoms with Gasteiger partial charge in [0.1, 0.15) is 17.6 Å². The van der Waals surface area contributed by atoms with Gasteiger partial charge in [-0.15, -0.1) is 0 Å². The summed E-state index contributed by atoms with van der Waals surface area (Å²) in [5.74, 6) is 1.55. The second-order valence-electron chi connectivity index (χ2n) is 4.81. The van der Waals surface area contributed by atoms with Crippen LogP contribution in [0.15, 0.2) is 46.9 Å². The summed E-state index contributed by atoms with van der Waals surface area (Å²) in [7, 11) is 1.64. The van der Waals surface area contributed by atoms with Crippen molar-refractivity contribution in [3.05, 3.63) is 58.1 Å². The average Bonchev–Trinajstić information content (AvgIpc) is 2.46. The molecular formula is C16H15BrO3. The minimum absolute atomic E-state index is 0.141. The summed E-state index contributed by atoms with van der Waals surface area (Å²) in [6.45, 7) is 0. The van der Waals surface area contributed by atoms with E-state index in [2.05, 4.69) is 15.9 Å². The first-order valence-electron chi connectivity index (χ1n) is 6.45. The number of benzene rings is 2. The monoisotopic (exact) mass is 334 g/mol. The number of rotatable bonds is 2. The molecule has 0 fully saturated rings. The summed E-state index contributed by atoms with van der Waals surface area (Å²) in [5, 5.41) is 10.3. The molecule has 1 unspecified atom stereocenters. The van der Waals surface area contributed by atoms with Crippen LogP contribution < -0.4 is 9.47 Å². The summed E-state index contributed by atoms with van der Waals surface area (Å²) in [6.07, 6.45) is -0.0855. The van der Waals surface area contributed by atoms with E-state index in [9.17, 15) is 5.11 Å². The molecule has 0 aliphatic carbocycles. The molecule has 3 rings (SSSR count). The molecule has 1 N–H and O–H groups in total. The summed E-state index contributed by atoms with van der Waals surface area (Å²) >= 11 is 3.43. The molecule has 0 aromatic heterocycles. The third-order valence-corrected chi connectivity index (χ3v) is 4.02. The largest absolute Gasteiger partial charge is 0.497 e. The maximum Gasteiger partial charge on any atom is 0.127 e. The molecule has 1 aliphatic heterocycles. The van der Waals surface area contributed by atoms with E-state index in [1.807, 2.05) is 42.5 Å². The van der Waals surface area contributed by atoms with E-state index in [1.165, 1.54) is 0 Å². The maximum absolute atomic E-state index is 10.3. The lowest BCUT2D eigenvalue weighted by Gasteiger charge is -2.30. The van der Waals surface area contributed by atoms with Gasteiger partial charge in [0.05, 0.1) is 13.2 Å². The fourth-order valence-electron chi connectivity index (χ4n) is 2.44. The van der Waals surface area contributed by atoms with Gasteiger partial charge >= 0.3 is 0 Å². The number of aliphatic hydroxyl groups excluding tert-OH is 1. The molecule has 2 aromatic carbocycles. The summed E-state index contributed by atoms with van der Waals surface area (Å²) in [6, 6.07) is 13.5. The SMILES string of the molecule is COc1ccc(C2C[C@@H](O)c3ccc(Br)cc3O2)cc1. The number of fused-ring (bicyclic) bond motifs is 1. The van der Waals surface area contributed by atoms with Gasteiger partial charge in [0, 0.05) is 16.5 Å². The standard InChI is InChI=1S/C16H15BrO3/c1-19-12-5-2-10(3-6-12)15-9-14(18)13-7-4-11(17)8-16(13)20-15/h2-8,14-15,18H,9H2,1H3/t14-,15?/m1/s1. The molecule has 20 heavy (non-hydrogen) atoms. The van der Waals surface area contributed by atoms with E-state index in [0.29, 0.717) is 6.42 Å². The zero-order valence-electron chi connectivity index (χ0n) is 11.0. The van der Waals surface area contributed by atoms with Gasteiger partial charge in [-0.05, 0) is 29.8 Å². The van der Waals surface area contributed by atoms with Crippen molar-refractivity contribution in [1.82, 2.24) is 0 Å². The molecular weight excluding hydrogens is 320 g/mol. The van der Waals surface area contributed by atoms with E-state index in [1.54, 1.807) is 7.11 Å². The smallest absolute Gasteiger partial charge is 0.127 e. The van der Waals surface area contributed by atoms with Crippen molar-refractivity contribution < 1.29 is 14.6 Å². The number of halogens is 1. The van der Waals surface area contributed by atoms with Gasteiger partial charge in [-0.3, -0.25) is 0 Å². The van der Waals surface area contributed by atoms with Crippen molar-refractivity contribution in [2.24, 2.45) is 0 Å². The van der Waals surface area contributed by atoms with Crippen LogP contribution in [-0.4, -0.2) is 12.2 Å². The quantitative estimate of drug-likeness (QED) is 0.901. The number of ether oxygens (including phenoxy) is 2. The van der Waals surface area contributed by atoms with Crippen LogP contribution in [0.5, 0.6) is 11.5 Å². The fraction of sp³-hybridized carbons (Fsp3) is 0.250. The summed E-state index contributed by atoms with van der Waals surface area (Å²) in [4.78, 5) is 0. The highest BCUT2D eigenvalue weighted by molar-refractivity contribution is 9.10. The number of aliphatic hydroxyl groups is 1. The van der Waals surface area contributed by atoms with E-state index in [-0.39, 0.29) is 6.10 Å². The van der Waals surface area contributed by atoms with E-state index in [0.717, 1.165) is 27.1 Å². The van der Waals surface area contributed by atoms with E-state index >= 15 is 0 Å². The molecule has 0 saturated carbocycles. The van der Waals surface area contributed by atoms with Crippen LogP contribution in [0.2, 0.25) is 0 Å². The Labute approximate surface area is 126 Å². The third-order valence-electron chi connectivity index (χ3n) is 3.53. The first-order valence-corrected chi connectivity index (χ1v) is 7.25. The number of methoxy groups -OCH3 is 1. The predicted octanol–water partition coefficient (Wildman–Crippen LogP) is 4.01. The van der Waals surface area contributed by atoms with Crippen LogP contribution in [-0.2, 0) is 0 Å². The second kappa shape index (κ2) is 5.46. The van der Waals surface area contributed by atoms with Crippen LogP contribution in [0.3, 0.4) is 0 Å². The molecule has 1 aliphatic rings. The molecule has 2 aromatic rings. The topological polar surface area (TPSA) is 38.7 Å². The molecule has 0 saturated heterocycles. The number of hydrogen-bond donors (Lipinski definition) is 1. The number of hydrogen-bond acceptors (Lipinski definition) is 3. The molecule has 104 valence electrons. The Balaban J connectivity index is 1.89. The first-order chi connectivity index (χ1) is 9.67. The molecule has 0 radical (unpaired) electrons. The Bertz CT molecular complexity index is 610. The van der Waals surface area contributed by atoms with Gasteiger partial charge in [-0.2, -0.15) is 0 Å². The van der Waals surface area contributed by atoms with Crippen LogP contribution in [0.25, 0.3) is 0 Å².